The lowest BCUT2D eigenvalue weighted by Crippen LogP contribution is -2.47. The van der Waals surface area contributed by atoms with Crippen molar-refractivity contribution in [3.63, 3.8) is 0 Å². The fraction of sp³-hybridized carbons (Fsp3) is 0.316. The maximum absolute atomic E-state index is 13.0. The molecule has 5 nitrogen and oxygen atoms in total. The Morgan fingerprint density at radius 3 is 2.52 bits per heavy atom. The zero-order valence-electron chi connectivity index (χ0n) is 14.4. The van der Waals surface area contributed by atoms with Crippen LogP contribution in [0.25, 0.3) is 0 Å². The van der Waals surface area contributed by atoms with E-state index in [9.17, 15) is 14.0 Å². The number of pyridine rings is 1. The first-order valence-corrected chi connectivity index (χ1v) is 8.22. The van der Waals surface area contributed by atoms with Gasteiger partial charge in [0.1, 0.15) is 11.9 Å². The number of amides is 2. The molecule has 0 saturated heterocycles. The van der Waals surface area contributed by atoms with Gasteiger partial charge in [-0.25, -0.2) is 4.39 Å². The maximum Gasteiger partial charge on any atom is 0.242 e. The van der Waals surface area contributed by atoms with Crippen molar-refractivity contribution in [1.82, 2.24) is 15.2 Å². The molecule has 0 fully saturated rings. The second-order valence-corrected chi connectivity index (χ2v) is 5.72. The van der Waals surface area contributed by atoms with Gasteiger partial charge in [0.25, 0.3) is 0 Å². The Bertz CT molecular complexity index is 704. The van der Waals surface area contributed by atoms with Crippen LogP contribution in [0.15, 0.2) is 48.7 Å². The molecule has 1 heterocycles. The molecule has 2 amide bonds. The number of halogens is 1. The molecule has 1 N–H and O–H groups in total. The monoisotopic (exact) mass is 343 g/mol. The van der Waals surface area contributed by atoms with Crippen molar-refractivity contribution in [3.8, 4) is 0 Å². The Hall–Kier alpha value is -2.76. The van der Waals surface area contributed by atoms with Gasteiger partial charge in [-0.1, -0.05) is 25.1 Å². The van der Waals surface area contributed by atoms with E-state index in [4.69, 9.17) is 0 Å². The van der Waals surface area contributed by atoms with Gasteiger partial charge in [-0.2, -0.15) is 0 Å². The topological polar surface area (TPSA) is 62.3 Å². The van der Waals surface area contributed by atoms with Crippen molar-refractivity contribution in [2.45, 2.75) is 39.4 Å². The number of carbonyl (C=O) groups excluding carboxylic acids is 2. The van der Waals surface area contributed by atoms with Crippen LogP contribution in [0.1, 0.15) is 31.5 Å². The van der Waals surface area contributed by atoms with Crippen LogP contribution in [0, 0.1) is 5.82 Å². The van der Waals surface area contributed by atoms with E-state index in [2.05, 4.69) is 10.3 Å². The molecule has 0 unspecified atom stereocenters. The Morgan fingerprint density at radius 1 is 1.20 bits per heavy atom. The third-order valence-corrected chi connectivity index (χ3v) is 3.91. The molecule has 2 aromatic rings. The first kappa shape index (κ1) is 18.6. The summed E-state index contributed by atoms with van der Waals surface area (Å²) in [7, 11) is 0. The summed E-state index contributed by atoms with van der Waals surface area (Å²) in [5.74, 6) is -0.724. The molecule has 0 aliphatic heterocycles. The van der Waals surface area contributed by atoms with Crippen LogP contribution in [-0.4, -0.2) is 27.7 Å². The molecule has 0 bridgehead atoms. The summed E-state index contributed by atoms with van der Waals surface area (Å²) in [5.41, 5.74) is 1.52. The summed E-state index contributed by atoms with van der Waals surface area (Å²) in [6.07, 6.45) is 1.95. The van der Waals surface area contributed by atoms with Gasteiger partial charge in [0.15, 0.2) is 0 Å². The lowest BCUT2D eigenvalue weighted by Gasteiger charge is -2.28. The van der Waals surface area contributed by atoms with Gasteiger partial charge < -0.3 is 10.2 Å². The van der Waals surface area contributed by atoms with Crippen LogP contribution in [0.4, 0.5) is 4.39 Å². The maximum atomic E-state index is 13.0. The first-order valence-electron chi connectivity index (χ1n) is 8.22. The molecule has 1 aromatic carbocycles. The van der Waals surface area contributed by atoms with Gasteiger partial charge in [-0.15, -0.1) is 0 Å². The molecule has 25 heavy (non-hydrogen) atoms. The highest BCUT2D eigenvalue weighted by Gasteiger charge is 2.25. The van der Waals surface area contributed by atoms with Gasteiger partial charge in [0.2, 0.25) is 11.8 Å². The van der Waals surface area contributed by atoms with Gasteiger partial charge in [0, 0.05) is 19.2 Å². The Balaban J connectivity index is 2.03. The Morgan fingerprint density at radius 2 is 1.92 bits per heavy atom. The van der Waals surface area contributed by atoms with Gasteiger partial charge >= 0.3 is 0 Å². The molecule has 0 aliphatic rings. The van der Waals surface area contributed by atoms with Crippen LogP contribution >= 0.6 is 0 Å². The molecule has 132 valence electrons. The predicted molar refractivity (Wildman–Crippen MR) is 92.8 cm³/mol. The number of hydrogen-bond donors (Lipinski definition) is 1. The van der Waals surface area contributed by atoms with Crippen LogP contribution in [-0.2, 0) is 22.7 Å². The lowest BCUT2D eigenvalue weighted by molar-refractivity contribution is -0.140. The van der Waals surface area contributed by atoms with Crippen molar-refractivity contribution in [2.75, 3.05) is 0 Å². The van der Waals surface area contributed by atoms with Crippen LogP contribution in [0.2, 0.25) is 0 Å². The van der Waals surface area contributed by atoms with E-state index in [0.717, 1.165) is 11.3 Å². The third kappa shape index (κ3) is 5.38. The average Bonchev–Trinajstić information content (AvgIpc) is 2.65. The van der Waals surface area contributed by atoms with E-state index in [-0.39, 0.29) is 24.2 Å². The zero-order valence-corrected chi connectivity index (χ0v) is 14.4. The van der Waals surface area contributed by atoms with Gasteiger partial charge in [-0.3, -0.25) is 14.6 Å². The highest BCUT2D eigenvalue weighted by Crippen LogP contribution is 2.12. The highest BCUT2D eigenvalue weighted by atomic mass is 19.1. The minimum atomic E-state index is -0.638. The smallest absolute Gasteiger partial charge is 0.242 e. The largest absolute Gasteiger partial charge is 0.349 e. The van der Waals surface area contributed by atoms with E-state index in [1.807, 2.05) is 12.1 Å². The fourth-order valence-corrected chi connectivity index (χ4v) is 2.40. The molecule has 1 atom stereocenters. The summed E-state index contributed by atoms with van der Waals surface area (Å²) in [6, 6.07) is 10.7. The number of nitrogens with one attached hydrogen (secondary N) is 1. The second-order valence-electron chi connectivity index (χ2n) is 5.72. The van der Waals surface area contributed by atoms with E-state index in [0.29, 0.717) is 13.0 Å². The normalized spacial score (nSPS) is 11.6. The van der Waals surface area contributed by atoms with E-state index < -0.39 is 6.04 Å². The summed E-state index contributed by atoms with van der Waals surface area (Å²) < 4.78 is 13.0. The molecule has 6 heteroatoms. The number of aromatic nitrogens is 1. The predicted octanol–water partition coefficient (Wildman–Crippen LogP) is 2.66. The van der Waals surface area contributed by atoms with Crippen LogP contribution in [0.5, 0.6) is 0 Å². The minimum Gasteiger partial charge on any atom is -0.349 e. The standard InChI is InChI=1S/C19H22FN3O2/c1-3-18(24)23(13-15-7-9-16(20)10-8-15)14(2)19(25)22-12-17-6-4-5-11-21-17/h4-11,14H,3,12-13H2,1-2H3,(H,22,25)/t14-/m1/s1. The van der Waals surface area contributed by atoms with E-state index in [1.165, 1.54) is 17.0 Å². The molecule has 0 aliphatic carbocycles. The number of benzene rings is 1. The number of carbonyl (C=O) groups is 2. The second kappa shape index (κ2) is 8.92. The summed E-state index contributed by atoms with van der Waals surface area (Å²) >= 11 is 0. The number of nitrogens with zero attached hydrogens (tertiary/aromatic N) is 2. The fourth-order valence-electron chi connectivity index (χ4n) is 2.40. The quantitative estimate of drug-likeness (QED) is 0.841. The first-order chi connectivity index (χ1) is 12.0. The summed E-state index contributed by atoms with van der Waals surface area (Å²) in [4.78, 5) is 30.3. The minimum absolute atomic E-state index is 0.134. The molecule has 2 rings (SSSR count). The molecular formula is C19H22FN3O2. The zero-order chi connectivity index (χ0) is 18.2. The van der Waals surface area contributed by atoms with E-state index >= 15 is 0 Å². The van der Waals surface area contributed by atoms with E-state index in [1.54, 1.807) is 38.2 Å². The van der Waals surface area contributed by atoms with Gasteiger partial charge in [0.05, 0.1) is 12.2 Å². The summed E-state index contributed by atoms with van der Waals surface area (Å²) in [6.45, 7) is 3.99. The molecule has 0 spiro atoms. The Labute approximate surface area is 146 Å². The number of rotatable bonds is 7. The number of hydrogen-bond acceptors (Lipinski definition) is 3. The van der Waals surface area contributed by atoms with Crippen LogP contribution < -0.4 is 5.32 Å². The van der Waals surface area contributed by atoms with Crippen molar-refractivity contribution in [2.24, 2.45) is 0 Å². The molecule has 0 radical (unpaired) electrons. The van der Waals surface area contributed by atoms with Crippen molar-refractivity contribution >= 4 is 11.8 Å². The SMILES string of the molecule is CCC(=O)N(Cc1ccc(F)cc1)[C@H](C)C(=O)NCc1ccccn1. The molecule has 0 saturated carbocycles. The van der Waals surface area contributed by atoms with Crippen molar-refractivity contribution < 1.29 is 14.0 Å². The summed E-state index contributed by atoms with van der Waals surface area (Å²) in [5, 5.41) is 2.80. The molecule has 1 aromatic heterocycles. The third-order valence-electron chi connectivity index (χ3n) is 3.91. The van der Waals surface area contributed by atoms with Crippen LogP contribution in [0.3, 0.4) is 0 Å². The Kier molecular flexibility index (Phi) is 6.62. The average molecular weight is 343 g/mol. The van der Waals surface area contributed by atoms with Crippen molar-refractivity contribution in [3.05, 3.63) is 65.7 Å². The highest BCUT2D eigenvalue weighted by molar-refractivity contribution is 5.87. The molecular weight excluding hydrogens is 321 g/mol. The van der Waals surface area contributed by atoms with Gasteiger partial charge in [-0.05, 0) is 36.8 Å². The lowest BCUT2D eigenvalue weighted by atomic mass is 10.1. The van der Waals surface area contributed by atoms with Crippen molar-refractivity contribution in [1.29, 1.82) is 0 Å².